The van der Waals surface area contributed by atoms with Crippen LogP contribution in [-0.2, 0) is 4.79 Å². The Morgan fingerprint density at radius 1 is 1.27 bits per heavy atom. The predicted molar refractivity (Wildman–Crippen MR) is 104 cm³/mol. The van der Waals surface area contributed by atoms with Gasteiger partial charge in [0.2, 0.25) is 5.91 Å². The lowest BCUT2D eigenvalue weighted by Gasteiger charge is -2.21. The SMILES string of the molecule is C=C(C)C1C=C(C)/C(=N\NC(=O)c2ccc(N3CCCC3=O)cc2)CC1. The molecule has 0 aromatic heterocycles. The molecular formula is C21H25N3O2. The van der Waals surface area contributed by atoms with Crippen LogP contribution in [0.3, 0.4) is 0 Å². The van der Waals surface area contributed by atoms with Crippen molar-refractivity contribution in [2.24, 2.45) is 11.0 Å². The Kier molecular flexibility index (Phi) is 5.35. The van der Waals surface area contributed by atoms with Crippen molar-refractivity contribution < 1.29 is 9.59 Å². The molecule has 1 unspecified atom stereocenters. The zero-order valence-corrected chi connectivity index (χ0v) is 15.4. The molecule has 1 heterocycles. The van der Waals surface area contributed by atoms with Crippen LogP contribution < -0.4 is 10.3 Å². The van der Waals surface area contributed by atoms with Gasteiger partial charge in [-0.05, 0) is 68.9 Å². The molecule has 2 amide bonds. The molecule has 26 heavy (non-hydrogen) atoms. The van der Waals surface area contributed by atoms with E-state index in [1.54, 1.807) is 17.0 Å². The van der Waals surface area contributed by atoms with Gasteiger partial charge in [0.05, 0.1) is 5.71 Å². The maximum atomic E-state index is 12.3. The highest BCUT2D eigenvalue weighted by atomic mass is 16.2. The summed E-state index contributed by atoms with van der Waals surface area (Å²) in [7, 11) is 0. The molecule has 1 fully saturated rings. The van der Waals surface area contributed by atoms with Gasteiger partial charge in [0.1, 0.15) is 0 Å². The summed E-state index contributed by atoms with van der Waals surface area (Å²) in [6.07, 6.45) is 5.45. The van der Waals surface area contributed by atoms with Gasteiger partial charge in [-0.15, -0.1) is 0 Å². The van der Waals surface area contributed by atoms with Gasteiger partial charge in [-0.1, -0.05) is 18.2 Å². The molecule has 1 saturated heterocycles. The van der Waals surface area contributed by atoms with E-state index in [1.165, 1.54) is 0 Å². The standard InChI is InChI=1S/C21H25N3O2/c1-14(2)17-8-11-19(15(3)13-17)22-23-21(26)16-6-9-18(10-7-16)24-12-4-5-20(24)25/h6-7,9-10,13,17H,1,4-5,8,11-12H2,2-3H3,(H,23,26)/b22-19-. The molecule has 5 nitrogen and oxygen atoms in total. The Morgan fingerprint density at radius 2 is 2.00 bits per heavy atom. The lowest BCUT2D eigenvalue weighted by atomic mass is 9.86. The first-order valence-electron chi connectivity index (χ1n) is 9.07. The van der Waals surface area contributed by atoms with E-state index in [-0.39, 0.29) is 11.8 Å². The topological polar surface area (TPSA) is 61.8 Å². The fraction of sp³-hybridized carbons (Fsp3) is 0.381. The van der Waals surface area contributed by atoms with Crippen LogP contribution >= 0.6 is 0 Å². The molecule has 1 atom stereocenters. The quantitative estimate of drug-likeness (QED) is 0.662. The Hall–Kier alpha value is -2.69. The number of hydrazone groups is 1. The Labute approximate surface area is 154 Å². The smallest absolute Gasteiger partial charge is 0.271 e. The minimum absolute atomic E-state index is 0.140. The van der Waals surface area contributed by atoms with Crippen LogP contribution in [0, 0.1) is 5.92 Å². The number of rotatable bonds is 4. The molecule has 0 spiro atoms. The molecule has 2 aliphatic rings. The van der Waals surface area contributed by atoms with E-state index in [1.807, 2.05) is 26.0 Å². The number of carbonyl (C=O) groups is 2. The van der Waals surface area contributed by atoms with Crippen LogP contribution in [0.25, 0.3) is 0 Å². The van der Waals surface area contributed by atoms with Crippen LogP contribution in [0.1, 0.15) is 49.9 Å². The first-order valence-corrected chi connectivity index (χ1v) is 9.07. The van der Waals surface area contributed by atoms with Crippen molar-refractivity contribution in [3.63, 3.8) is 0 Å². The van der Waals surface area contributed by atoms with Gasteiger partial charge in [-0.3, -0.25) is 9.59 Å². The van der Waals surface area contributed by atoms with Crippen LogP contribution in [0.5, 0.6) is 0 Å². The number of benzene rings is 1. The van der Waals surface area contributed by atoms with Crippen LogP contribution in [0.15, 0.2) is 53.2 Å². The third kappa shape index (κ3) is 3.93. The van der Waals surface area contributed by atoms with Gasteiger partial charge in [-0.25, -0.2) is 5.43 Å². The largest absolute Gasteiger partial charge is 0.312 e. The Bertz CT molecular complexity index is 790. The van der Waals surface area contributed by atoms with E-state index in [9.17, 15) is 9.59 Å². The van der Waals surface area contributed by atoms with Crippen molar-refractivity contribution in [1.29, 1.82) is 0 Å². The number of hydrogen-bond acceptors (Lipinski definition) is 3. The van der Waals surface area contributed by atoms with E-state index >= 15 is 0 Å². The van der Waals surface area contributed by atoms with Crippen molar-refractivity contribution in [2.75, 3.05) is 11.4 Å². The molecule has 0 bridgehead atoms. The average molecular weight is 351 g/mol. The highest BCUT2D eigenvalue weighted by Gasteiger charge is 2.22. The highest BCUT2D eigenvalue weighted by Crippen LogP contribution is 2.26. The fourth-order valence-electron chi connectivity index (χ4n) is 3.40. The van der Waals surface area contributed by atoms with Crippen molar-refractivity contribution in [3.05, 3.63) is 53.6 Å². The van der Waals surface area contributed by atoms with Crippen molar-refractivity contribution >= 4 is 23.2 Å². The molecule has 1 aromatic rings. The summed E-state index contributed by atoms with van der Waals surface area (Å²) in [4.78, 5) is 25.9. The third-order valence-corrected chi connectivity index (χ3v) is 5.04. The van der Waals surface area contributed by atoms with Crippen molar-refractivity contribution in [1.82, 2.24) is 5.43 Å². The number of anilines is 1. The van der Waals surface area contributed by atoms with Gasteiger partial charge in [-0.2, -0.15) is 5.10 Å². The molecule has 1 aromatic carbocycles. The van der Waals surface area contributed by atoms with Gasteiger partial charge in [0.15, 0.2) is 0 Å². The molecule has 5 heteroatoms. The number of hydrogen-bond donors (Lipinski definition) is 1. The van der Waals surface area contributed by atoms with Gasteiger partial charge in [0.25, 0.3) is 5.91 Å². The maximum Gasteiger partial charge on any atom is 0.271 e. The lowest BCUT2D eigenvalue weighted by molar-refractivity contribution is -0.117. The first kappa shape index (κ1) is 18.1. The second kappa shape index (κ2) is 7.68. The maximum absolute atomic E-state index is 12.3. The summed E-state index contributed by atoms with van der Waals surface area (Å²) in [6, 6.07) is 7.09. The Morgan fingerprint density at radius 3 is 2.58 bits per heavy atom. The van der Waals surface area contributed by atoms with Crippen molar-refractivity contribution in [2.45, 2.75) is 39.5 Å². The first-order chi connectivity index (χ1) is 12.5. The second-order valence-electron chi connectivity index (χ2n) is 7.04. The van der Waals surface area contributed by atoms with E-state index in [4.69, 9.17) is 0 Å². The van der Waals surface area contributed by atoms with E-state index in [2.05, 4.69) is 23.2 Å². The normalized spacial score (nSPS) is 21.7. The zero-order valence-electron chi connectivity index (χ0n) is 15.4. The molecule has 136 valence electrons. The van der Waals surface area contributed by atoms with Crippen LogP contribution in [0.2, 0.25) is 0 Å². The predicted octanol–water partition coefficient (Wildman–Crippen LogP) is 3.83. The zero-order chi connectivity index (χ0) is 18.7. The number of nitrogens with zero attached hydrogens (tertiary/aromatic N) is 2. The molecule has 0 radical (unpaired) electrons. The summed E-state index contributed by atoms with van der Waals surface area (Å²) < 4.78 is 0. The summed E-state index contributed by atoms with van der Waals surface area (Å²) >= 11 is 0. The van der Waals surface area contributed by atoms with E-state index < -0.39 is 0 Å². The summed E-state index contributed by atoms with van der Waals surface area (Å²) in [5.41, 5.74) is 7.17. The van der Waals surface area contributed by atoms with E-state index in [0.717, 1.165) is 48.4 Å². The van der Waals surface area contributed by atoms with Gasteiger partial charge < -0.3 is 4.90 Å². The lowest BCUT2D eigenvalue weighted by Crippen LogP contribution is -2.24. The summed E-state index contributed by atoms with van der Waals surface area (Å²) in [5.74, 6) is 0.290. The fourth-order valence-corrected chi connectivity index (χ4v) is 3.40. The average Bonchev–Trinajstić information content (AvgIpc) is 3.06. The molecule has 3 rings (SSSR count). The highest BCUT2D eigenvalue weighted by molar-refractivity contribution is 6.02. The van der Waals surface area contributed by atoms with Crippen LogP contribution in [0.4, 0.5) is 5.69 Å². The number of amides is 2. The van der Waals surface area contributed by atoms with Crippen molar-refractivity contribution in [3.8, 4) is 0 Å². The molecule has 0 saturated carbocycles. The molecule has 1 aliphatic carbocycles. The Balaban J connectivity index is 1.64. The monoisotopic (exact) mass is 351 g/mol. The van der Waals surface area contributed by atoms with Gasteiger partial charge in [0, 0.05) is 24.2 Å². The molecular weight excluding hydrogens is 326 g/mol. The minimum Gasteiger partial charge on any atom is -0.312 e. The third-order valence-electron chi connectivity index (χ3n) is 5.04. The van der Waals surface area contributed by atoms with Crippen LogP contribution in [-0.4, -0.2) is 24.1 Å². The summed E-state index contributed by atoms with van der Waals surface area (Å²) in [6.45, 7) is 8.81. The second-order valence-corrected chi connectivity index (χ2v) is 7.04. The van der Waals surface area contributed by atoms with E-state index in [0.29, 0.717) is 17.9 Å². The molecule has 1 N–H and O–H groups in total. The number of carbonyl (C=O) groups excluding carboxylic acids is 2. The number of allylic oxidation sites excluding steroid dienone is 3. The molecule has 1 aliphatic heterocycles. The van der Waals surface area contributed by atoms with Gasteiger partial charge >= 0.3 is 0 Å². The minimum atomic E-state index is -0.244. The number of nitrogens with one attached hydrogen (secondary N) is 1. The summed E-state index contributed by atoms with van der Waals surface area (Å²) in [5, 5.41) is 4.30.